The van der Waals surface area contributed by atoms with Crippen LogP contribution in [0.5, 0.6) is 5.75 Å². The molecule has 0 bridgehead atoms. The van der Waals surface area contributed by atoms with Gasteiger partial charge >= 0.3 is 0 Å². The standard InChI is InChI=1S/C26H30N4O2S/c1-5-6-7-15-30-18(3)22(23(27-26(30)33)19-11-13-21(31-4)14-12-19)25-28-24(29-32-25)20-10-8-9-17(2)16-20/h8-14,16,23H,5-7,15H2,1-4H3,(H,27,33). The van der Waals surface area contributed by atoms with Crippen LogP contribution in [0.4, 0.5) is 0 Å². The maximum atomic E-state index is 5.82. The van der Waals surface area contributed by atoms with Crippen LogP contribution in [-0.4, -0.2) is 33.8 Å². The van der Waals surface area contributed by atoms with Gasteiger partial charge in [0.1, 0.15) is 5.75 Å². The third kappa shape index (κ3) is 4.93. The Hall–Kier alpha value is -3.19. The molecule has 172 valence electrons. The molecule has 0 saturated heterocycles. The smallest absolute Gasteiger partial charge is 0.258 e. The lowest BCUT2D eigenvalue weighted by Gasteiger charge is -2.37. The minimum Gasteiger partial charge on any atom is -0.497 e. The van der Waals surface area contributed by atoms with Gasteiger partial charge in [0.05, 0.1) is 18.7 Å². The molecule has 1 N–H and O–H groups in total. The monoisotopic (exact) mass is 462 g/mol. The number of thiocarbonyl (C=S) groups is 1. The van der Waals surface area contributed by atoms with E-state index >= 15 is 0 Å². The number of rotatable bonds is 8. The molecule has 3 aromatic rings. The van der Waals surface area contributed by atoms with Crippen LogP contribution in [0, 0.1) is 6.92 Å². The summed E-state index contributed by atoms with van der Waals surface area (Å²) in [6.45, 7) is 7.19. The van der Waals surface area contributed by atoms with E-state index in [1.54, 1.807) is 7.11 Å². The second kappa shape index (κ2) is 10.2. The van der Waals surface area contributed by atoms with Gasteiger partial charge in [-0.25, -0.2) is 0 Å². The Kier molecular flexibility index (Phi) is 7.08. The van der Waals surface area contributed by atoms with E-state index in [1.807, 2.05) is 36.4 Å². The summed E-state index contributed by atoms with van der Waals surface area (Å²) >= 11 is 5.77. The highest BCUT2D eigenvalue weighted by Crippen LogP contribution is 2.38. The Morgan fingerprint density at radius 1 is 1.12 bits per heavy atom. The Bertz CT molecular complexity index is 1150. The number of nitrogens with one attached hydrogen (secondary N) is 1. The molecular weight excluding hydrogens is 432 g/mol. The molecule has 1 aliphatic heterocycles. The summed E-state index contributed by atoms with van der Waals surface area (Å²) in [4.78, 5) is 6.94. The zero-order valence-corrected chi connectivity index (χ0v) is 20.4. The van der Waals surface area contributed by atoms with Gasteiger partial charge in [0.25, 0.3) is 5.89 Å². The van der Waals surface area contributed by atoms with E-state index in [9.17, 15) is 0 Å². The number of nitrogens with zero attached hydrogens (tertiary/aromatic N) is 3. The van der Waals surface area contributed by atoms with Gasteiger partial charge in [0.2, 0.25) is 5.82 Å². The highest BCUT2D eigenvalue weighted by atomic mass is 32.1. The number of allylic oxidation sites excluding steroid dienone is 1. The zero-order valence-electron chi connectivity index (χ0n) is 19.6. The molecule has 1 aromatic heterocycles. The molecule has 7 heteroatoms. The van der Waals surface area contributed by atoms with Crippen molar-refractivity contribution in [2.24, 2.45) is 0 Å². The summed E-state index contributed by atoms with van der Waals surface area (Å²) < 4.78 is 11.2. The molecular formula is C26H30N4O2S. The molecule has 2 heterocycles. The lowest BCUT2D eigenvalue weighted by Crippen LogP contribution is -2.46. The number of hydrogen-bond donors (Lipinski definition) is 1. The van der Waals surface area contributed by atoms with Crippen LogP contribution in [0.25, 0.3) is 17.0 Å². The van der Waals surface area contributed by atoms with Crippen molar-refractivity contribution in [2.75, 3.05) is 13.7 Å². The summed E-state index contributed by atoms with van der Waals surface area (Å²) in [5, 5.41) is 8.52. The number of aromatic nitrogens is 2. The second-order valence-electron chi connectivity index (χ2n) is 8.31. The van der Waals surface area contributed by atoms with Crippen LogP contribution in [0.2, 0.25) is 0 Å². The average Bonchev–Trinajstić information content (AvgIpc) is 3.31. The summed E-state index contributed by atoms with van der Waals surface area (Å²) in [5.41, 5.74) is 5.11. The average molecular weight is 463 g/mol. The van der Waals surface area contributed by atoms with Crippen LogP contribution < -0.4 is 10.1 Å². The Balaban J connectivity index is 1.76. The van der Waals surface area contributed by atoms with E-state index in [1.165, 1.54) is 0 Å². The molecule has 0 spiro atoms. The van der Waals surface area contributed by atoms with E-state index in [0.29, 0.717) is 16.8 Å². The van der Waals surface area contributed by atoms with Gasteiger partial charge in [-0.15, -0.1) is 0 Å². The quantitative estimate of drug-likeness (QED) is 0.330. The maximum Gasteiger partial charge on any atom is 0.258 e. The van der Waals surface area contributed by atoms with E-state index < -0.39 is 0 Å². The van der Waals surface area contributed by atoms with Crippen LogP contribution in [0.3, 0.4) is 0 Å². The Morgan fingerprint density at radius 3 is 2.61 bits per heavy atom. The molecule has 33 heavy (non-hydrogen) atoms. The molecule has 4 rings (SSSR count). The van der Waals surface area contributed by atoms with E-state index in [0.717, 1.165) is 59.5 Å². The van der Waals surface area contributed by atoms with Gasteiger partial charge in [-0.05, 0) is 56.2 Å². The van der Waals surface area contributed by atoms with Gasteiger partial charge in [-0.2, -0.15) is 4.98 Å². The van der Waals surface area contributed by atoms with Gasteiger partial charge < -0.3 is 19.5 Å². The third-order valence-electron chi connectivity index (χ3n) is 5.96. The summed E-state index contributed by atoms with van der Waals surface area (Å²) in [6.07, 6.45) is 3.37. The minimum absolute atomic E-state index is 0.198. The highest BCUT2D eigenvalue weighted by Gasteiger charge is 2.33. The molecule has 1 aliphatic rings. The van der Waals surface area contributed by atoms with Crippen LogP contribution >= 0.6 is 12.2 Å². The zero-order chi connectivity index (χ0) is 23.4. The molecule has 2 aromatic carbocycles. The van der Waals surface area contributed by atoms with E-state index in [2.05, 4.69) is 48.3 Å². The molecule has 0 amide bonds. The first-order valence-corrected chi connectivity index (χ1v) is 11.8. The van der Waals surface area contributed by atoms with Crippen LogP contribution in [-0.2, 0) is 0 Å². The Labute approximate surface area is 200 Å². The molecule has 0 aliphatic carbocycles. The fourth-order valence-electron chi connectivity index (χ4n) is 4.13. The fraction of sp³-hybridized carbons (Fsp3) is 0.346. The number of aryl methyl sites for hydroxylation is 1. The predicted octanol–water partition coefficient (Wildman–Crippen LogP) is 5.91. The highest BCUT2D eigenvalue weighted by molar-refractivity contribution is 7.80. The summed E-state index contributed by atoms with van der Waals surface area (Å²) in [5.74, 6) is 1.88. The van der Waals surface area contributed by atoms with Gasteiger partial charge in [-0.3, -0.25) is 0 Å². The van der Waals surface area contributed by atoms with Crippen LogP contribution in [0.1, 0.15) is 56.2 Å². The van der Waals surface area contributed by atoms with Crippen molar-refractivity contribution in [3.8, 4) is 17.1 Å². The topological polar surface area (TPSA) is 63.4 Å². The summed E-state index contributed by atoms with van der Waals surface area (Å²) in [7, 11) is 1.66. The molecule has 0 fully saturated rings. The molecule has 6 nitrogen and oxygen atoms in total. The van der Waals surface area contributed by atoms with Gasteiger partial charge in [0.15, 0.2) is 5.11 Å². The first kappa shape index (κ1) is 23.0. The largest absolute Gasteiger partial charge is 0.497 e. The normalized spacial score (nSPS) is 16.2. The van der Waals surface area contributed by atoms with E-state index in [-0.39, 0.29) is 6.04 Å². The molecule has 0 radical (unpaired) electrons. The predicted molar refractivity (Wildman–Crippen MR) is 135 cm³/mol. The number of hydrogen-bond acceptors (Lipinski definition) is 5. The lowest BCUT2D eigenvalue weighted by atomic mass is 9.94. The lowest BCUT2D eigenvalue weighted by molar-refractivity contribution is 0.395. The first-order chi connectivity index (χ1) is 16.0. The van der Waals surface area contributed by atoms with Gasteiger partial charge in [-0.1, -0.05) is 60.8 Å². The first-order valence-electron chi connectivity index (χ1n) is 11.4. The molecule has 1 unspecified atom stereocenters. The summed E-state index contributed by atoms with van der Waals surface area (Å²) in [6, 6.07) is 15.9. The van der Waals surface area contributed by atoms with Gasteiger partial charge in [0, 0.05) is 17.8 Å². The van der Waals surface area contributed by atoms with Crippen molar-refractivity contribution in [3.63, 3.8) is 0 Å². The van der Waals surface area contributed by atoms with Crippen LogP contribution in [0.15, 0.2) is 58.8 Å². The van der Waals surface area contributed by atoms with Crippen molar-refractivity contribution in [1.82, 2.24) is 20.4 Å². The fourth-order valence-corrected chi connectivity index (χ4v) is 4.47. The van der Waals surface area contributed by atoms with Crippen molar-refractivity contribution in [2.45, 2.75) is 46.1 Å². The van der Waals surface area contributed by atoms with E-state index in [4.69, 9.17) is 26.5 Å². The Morgan fingerprint density at radius 2 is 1.91 bits per heavy atom. The van der Waals surface area contributed by atoms with Crippen molar-refractivity contribution in [3.05, 3.63) is 71.2 Å². The number of methoxy groups -OCH3 is 1. The molecule has 1 atom stereocenters. The number of benzene rings is 2. The molecule has 0 saturated carbocycles. The second-order valence-corrected chi connectivity index (χ2v) is 8.69. The van der Waals surface area contributed by atoms with Crippen molar-refractivity contribution in [1.29, 1.82) is 0 Å². The number of unbranched alkanes of at least 4 members (excludes halogenated alkanes) is 2. The van der Waals surface area contributed by atoms with Crippen molar-refractivity contribution < 1.29 is 9.26 Å². The minimum atomic E-state index is -0.198. The SMILES string of the molecule is CCCCCN1C(=S)NC(c2ccc(OC)cc2)C(c2nc(-c3cccc(C)c3)no2)=C1C. The third-order valence-corrected chi connectivity index (χ3v) is 6.30. The van der Waals surface area contributed by atoms with Crippen molar-refractivity contribution >= 4 is 22.9 Å². The number of ether oxygens (including phenoxy) is 1. The maximum absolute atomic E-state index is 5.82.